The molecule has 3 rings (SSSR count). The number of nitrogens with one attached hydrogen (secondary N) is 1. The van der Waals surface area contributed by atoms with Gasteiger partial charge in [-0.25, -0.2) is 14.2 Å². The summed E-state index contributed by atoms with van der Waals surface area (Å²) in [7, 11) is 0. The lowest BCUT2D eigenvalue weighted by molar-refractivity contribution is -0.119. The maximum Gasteiger partial charge on any atom is 0.350 e. The van der Waals surface area contributed by atoms with Gasteiger partial charge in [0.1, 0.15) is 27.2 Å². The monoisotopic (exact) mass is 458 g/mol. The Bertz CT molecular complexity index is 1100. The molecule has 2 aromatic carbocycles. The maximum absolute atomic E-state index is 13.1. The van der Waals surface area contributed by atoms with Crippen LogP contribution in [0.2, 0.25) is 0 Å². The van der Waals surface area contributed by atoms with Crippen molar-refractivity contribution in [2.45, 2.75) is 20.8 Å². The van der Waals surface area contributed by atoms with Crippen LogP contribution in [-0.2, 0) is 9.53 Å². The lowest BCUT2D eigenvalue weighted by Gasteiger charge is -2.13. The number of ether oxygens (including phenoxy) is 3. The van der Waals surface area contributed by atoms with E-state index in [1.54, 1.807) is 37.3 Å². The normalized spacial score (nSPS) is 10.5. The van der Waals surface area contributed by atoms with Gasteiger partial charge in [-0.2, -0.15) is 0 Å². The molecule has 0 unspecified atom stereocenters. The van der Waals surface area contributed by atoms with Crippen LogP contribution in [-0.4, -0.2) is 36.7 Å². The van der Waals surface area contributed by atoms with Gasteiger partial charge in [0.25, 0.3) is 5.91 Å². The molecule has 0 saturated heterocycles. The van der Waals surface area contributed by atoms with Crippen molar-refractivity contribution in [2.75, 3.05) is 25.1 Å². The van der Waals surface area contributed by atoms with Crippen LogP contribution in [0.15, 0.2) is 42.5 Å². The minimum atomic E-state index is -0.656. The third kappa shape index (κ3) is 5.82. The van der Waals surface area contributed by atoms with Crippen molar-refractivity contribution < 1.29 is 28.2 Å². The van der Waals surface area contributed by atoms with Crippen molar-refractivity contribution in [1.29, 1.82) is 0 Å². The molecule has 3 aromatic rings. The van der Waals surface area contributed by atoms with Crippen LogP contribution >= 0.6 is 11.3 Å². The van der Waals surface area contributed by atoms with E-state index in [9.17, 15) is 14.0 Å². The lowest BCUT2D eigenvalue weighted by Crippen LogP contribution is -2.21. The summed E-state index contributed by atoms with van der Waals surface area (Å²) in [5.74, 6) is -0.466. The predicted octanol–water partition coefficient (Wildman–Crippen LogP) is 4.85. The van der Waals surface area contributed by atoms with Gasteiger partial charge in [-0.1, -0.05) is 0 Å². The highest BCUT2D eigenvalue weighted by atomic mass is 32.1. The highest BCUT2D eigenvalue weighted by molar-refractivity contribution is 7.17. The first kappa shape index (κ1) is 23.2. The summed E-state index contributed by atoms with van der Waals surface area (Å²) in [6.07, 6.45) is 0. The molecule has 0 aliphatic carbocycles. The molecule has 1 heterocycles. The van der Waals surface area contributed by atoms with Gasteiger partial charge in [-0.05, 0) is 57.2 Å². The molecule has 0 fully saturated rings. The molecular formula is C23H23FN2O5S. The molecule has 7 nitrogen and oxygen atoms in total. The first-order valence-corrected chi connectivity index (χ1v) is 10.8. The SMILES string of the molecule is CCOc1ccc(OCC)c(NC(=O)COC(=O)c2sc(-c3ccc(F)cc3)nc2C)c1. The molecular weight excluding hydrogens is 435 g/mol. The second-order valence-electron chi connectivity index (χ2n) is 6.59. The van der Waals surface area contributed by atoms with Gasteiger partial charge in [0.05, 0.1) is 24.6 Å². The molecule has 0 radical (unpaired) electrons. The van der Waals surface area contributed by atoms with E-state index in [0.29, 0.717) is 46.7 Å². The third-order valence-electron chi connectivity index (χ3n) is 4.24. The number of amides is 1. The Morgan fingerprint density at radius 2 is 1.78 bits per heavy atom. The van der Waals surface area contributed by atoms with E-state index < -0.39 is 18.5 Å². The van der Waals surface area contributed by atoms with Gasteiger partial charge in [0.15, 0.2) is 6.61 Å². The third-order valence-corrected chi connectivity index (χ3v) is 5.43. The number of halogens is 1. The topological polar surface area (TPSA) is 86.8 Å². The lowest BCUT2D eigenvalue weighted by atomic mass is 10.2. The van der Waals surface area contributed by atoms with Crippen LogP contribution < -0.4 is 14.8 Å². The van der Waals surface area contributed by atoms with Gasteiger partial charge in [-0.15, -0.1) is 11.3 Å². The number of hydrogen-bond donors (Lipinski definition) is 1. The average Bonchev–Trinajstić information content (AvgIpc) is 3.16. The van der Waals surface area contributed by atoms with Crippen molar-refractivity contribution in [2.24, 2.45) is 0 Å². The van der Waals surface area contributed by atoms with Gasteiger partial charge in [0.2, 0.25) is 0 Å². The molecule has 1 aromatic heterocycles. The average molecular weight is 459 g/mol. The Hall–Kier alpha value is -3.46. The van der Waals surface area contributed by atoms with Crippen molar-refractivity contribution >= 4 is 28.9 Å². The van der Waals surface area contributed by atoms with E-state index in [1.807, 2.05) is 13.8 Å². The molecule has 0 aliphatic rings. The van der Waals surface area contributed by atoms with Crippen LogP contribution in [0.1, 0.15) is 29.2 Å². The number of nitrogens with zero attached hydrogens (tertiary/aromatic N) is 1. The summed E-state index contributed by atoms with van der Waals surface area (Å²) in [4.78, 5) is 29.5. The fourth-order valence-corrected chi connectivity index (χ4v) is 3.79. The first-order chi connectivity index (χ1) is 15.4. The molecule has 168 valence electrons. The number of esters is 1. The summed E-state index contributed by atoms with van der Waals surface area (Å²) < 4.78 is 29.3. The second-order valence-corrected chi connectivity index (χ2v) is 7.59. The van der Waals surface area contributed by atoms with Gasteiger partial charge in [0, 0.05) is 11.6 Å². The van der Waals surface area contributed by atoms with Crippen molar-refractivity contribution in [3.05, 3.63) is 58.9 Å². The maximum atomic E-state index is 13.1. The Balaban J connectivity index is 1.65. The van der Waals surface area contributed by atoms with Gasteiger partial charge < -0.3 is 19.5 Å². The standard InChI is InChI=1S/C23H23FN2O5S/c1-4-29-17-10-11-19(30-5-2)18(12-17)26-20(27)13-31-23(28)21-14(3)25-22(32-21)15-6-8-16(24)9-7-15/h6-12H,4-5,13H2,1-3H3,(H,26,27). The number of rotatable bonds is 9. The molecule has 9 heteroatoms. The number of benzene rings is 2. The second kappa shape index (κ2) is 10.7. The highest BCUT2D eigenvalue weighted by Crippen LogP contribution is 2.30. The van der Waals surface area contributed by atoms with E-state index in [1.165, 1.54) is 12.1 Å². The van der Waals surface area contributed by atoms with Crippen LogP contribution in [0.4, 0.5) is 10.1 Å². The molecule has 1 N–H and O–H groups in total. The van der Waals surface area contributed by atoms with Crippen molar-refractivity contribution in [3.63, 3.8) is 0 Å². The quantitative estimate of drug-likeness (QED) is 0.461. The smallest absolute Gasteiger partial charge is 0.350 e. The van der Waals surface area contributed by atoms with E-state index in [-0.39, 0.29) is 10.7 Å². The minimum Gasteiger partial charge on any atom is -0.494 e. The molecule has 0 atom stereocenters. The minimum absolute atomic E-state index is 0.283. The Morgan fingerprint density at radius 3 is 2.47 bits per heavy atom. The van der Waals surface area contributed by atoms with Crippen molar-refractivity contribution in [3.8, 4) is 22.1 Å². The number of aryl methyl sites for hydroxylation is 1. The van der Waals surface area contributed by atoms with Crippen LogP contribution in [0.25, 0.3) is 10.6 Å². The molecule has 0 aliphatic heterocycles. The molecule has 1 amide bonds. The number of hydrogen-bond acceptors (Lipinski definition) is 7. The van der Waals surface area contributed by atoms with Crippen LogP contribution in [0.5, 0.6) is 11.5 Å². The summed E-state index contributed by atoms with van der Waals surface area (Å²) in [5, 5.41) is 3.25. The molecule has 0 saturated carbocycles. The predicted molar refractivity (Wildman–Crippen MR) is 120 cm³/mol. The number of anilines is 1. The summed E-state index contributed by atoms with van der Waals surface area (Å²) in [6, 6.07) is 10.9. The van der Waals surface area contributed by atoms with E-state index >= 15 is 0 Å². The Kier molecular flexibility index (Phi) is 7.77. The zero-order valence-electron chi connectivity index (χ0n) is 17.9. The number of carbonyl (C=O) groups is 2. The fraction of sp³-hybridized carbons (Fsp3) is 0.261. The van der Waals surface area contributed by atoms with Crippen molar-refractivity contribution in [1.82, 2.24) is 4.98 Å². The molecule has 0 bridgehead atoms. The first-order valence-electron chi connectivity index (χ1n) is 10.0. The van der Waals surface area contributed by atoms with E-state index in [4.69, 9.17) is 14.2 Å². The van der Waals surface area contributed by atoms with Crippen LogP contribution in [0, 0.1) is 12.7 Å². The summed E-state index contributed by atoms with van der Waals surface area (Å²) in [6.45, 7) is 5.79. The van der Waals surface area contributed by atoms with E-state index in [0.717, 1.165) is 11.3 Å². The molecule has 0 spiro atoms. The largest absolute Gasteiger partial charge is 0.494 e. The number of aromatic nitrogens is 1. The number of thiazole rings is 1. The summed E-state index contributed by atoms with van der Waals surface area (Å²) >= 11 is 1.12. The molecule has 32 heavy (non-hydrogen) atoms. The zero-order valence-corrected chi connectivity index (χ0v) is 18.8. The Morgan fingerprint density at radius 1 is 1.06 bits per heavy atom. The highest BCUT2D eigenvalue weighted by Gasteiger charge is 2.19. The van der Waals surface area contributed by atoms with Crippen LogP contribution in [0.3, 0.4) is 0 Å². The van der Waals surface area contributed by atoms with Gasteiger partial charge in [-0.3, -0.25) is 4.79 Å². The summed E-state index contributed by atoms with van der Waals surface area (Å²) in [5.41, 5.74) is 1.59. The van der Waals surface area contributed by atoms with E-state index in [2.05, 4.69) is 10.3 Å². The Labute approximate surface area is 189 Å². The zero-order chi connectivity index (χ0) is 23.1. The fourth-order valence-electron chi connectivity index (χ4n) is 2.83. The van der Waals surface area contributed by atoms with Gasteiger partial charge >= 0.3 is 5.97 Å². The number of carbonyl (C=O) groups excluding carboxylic acids is 2.